The van der Waals surface area contributed by atoms with Crippen LogP contribution in [0.2, 0.25) is 0 Å². The molecule has 4 aromatic rings. The smallest absolute Gasteiger partial charge is 0.289 e. The van der Waals surface area contributed by atoms with Crippen molar-refractivity contribution >= 4 is 17.6 Å². The number of likely N-dealkylation sites (N-methyl/N-ethyl adjacent to an activating group) is 1. The van der Waals surface area contributed by atoms with Crippen molar-refractivity contribution in [1.82, 2.24) is 30.0 Å². The number of nitrogens with zero attached hydrogens (tertiary/aromatic N) is 6. The molecule has 3 unspecified atom stereocenters. The summed E-state index contributed by atoms with van der Waals surface area (Å²) in [6, 6.07) is 12.7. The number of nitrogens with one attached hydrogen (secondary N) is 1. The number of carbonyl (C=O) groups excluding carboxylic acids is 2. The Balaban J connectivity index is 1.24. The molecule has 1 aliphatic heterocycles. The molecule has 0 radical (unpaired) electrons. The van der Waals surface area contributed by atoms with Crippen LogP contribution in [0.1, 0.15) is 34.1 Å². The average Bonchev–Trinajstić information content (AvgIpc) is 3.60. The maximum atomic E-state index is 13.5. The van der Waals surface area contributed by atoms with Gasteiger partial charge < -0.3 is 10.1 Å². The van der Waals surface area contributed by atoms with Crippen LogP contribution in [0.25, 0.3) is 11.3 Å². The largest absolute Gasteiger partial charge is 0.436 e. The van der Waals surface area contributed by atoms with Gasteiger partial charge in [-0.15, -0.1) is 0 Å². The third-order valence-corrected chi connectivity index (χ3v) is 6.87. The summed E-state index contributed by atoms with van der Waals surface area (Å²) in [5, 5.41) is 7.01. The lowest BCUT2D eigenvalue weighted by atomic mass is 10.1. The van der Waals surface area contributed by atoms with E-state index in [1.165, 1.54) is 4.90 Å². The highest BCUT2D eigenvalue weighted by molar-refractivity contribution is 6.02. The fourth-order valence-corrected chi connectivity index (χ4v) is 4.88. The van der Waals surface area contributed by atoms with E-state index in [1.807, 2.05) is 43.3 Å². The number of aryl methyl sites for hydroxylation is 2. The molecule has 4 heterocycles. The van der Waals surface area contributed by atoms with Gasteiger partial charge in [0.1, 0.15) is 11.9 Å². The fraction of sp³-hybridized carbons (Fsp3) is 0.259. The van der Waals surface area contributed by atoms with Crippen LogP contribution in [-0.4, -0.2) is 49.6 Å². The topological polar surface area (TPSA) is 115 Å². The number of benzene rings is 1. The van der Waals surface area contributed by atoms with E-state index in [1.54, 1.807) is 43.4 Å². The molecule has 1 aliphatic carbocycles. The summed E-state index contributed by atoms with van der Waals surface area (Å²) in [5.41, 5.74) is 3.41. The molecule has 3 aromatic heterocycles. The standard InChI is InChI=1S/C27H25N7O3/c1-15-12-28-24(31-22(15)16-7-5-4-6-8-16)26(35)32-23-20-11-19(20)18-9-10-21(30-25(18)34(3)27(23)36)37-17-13-29-33(2)14-17/h4-10,12-14,19-20,23H,11H2,1-3H3,(H,32,35). The lowest BCUT2D eigenvalue weighted by Gasteiger charge is -2.23. The van der Waals surface area contributed by atoms with E-state index in [0.717, 1.165) is 23.1 Å². The molecule has 1 fully saturated rings. The van der Waals surface area contributed by atoms with Crippen molar-refractivity contribution in [3.8, 4) is 22.9 Å². The van der Waals surface area contributed by atoms with Crippen molar-refractivity contribution in [2.75, 3.05) is 11.9 Å². The van der Waals surface area contributed by atoms with Gasteiger partial charge in [-0.25, -0.2) is 9.97 Å². The molecule has 1 aromatic carbocycles. The molecule has 2 amide bonds. The lowest BCUT2D eigenvalue weighted by molar-refractivity contribution is -0.120. The quantitative estimate of drug-likeness (QED) is 0.452. The Labute approximate surface area is 213 Å². The Bertz CT molecular complexity index is 1520. The molecule has 0 spiro atoms. The number of hydrogen-bond donors (Lipinski definition) is 1. The highest BCUT2D eigenvalue weighted by atomic mass is 16.5. The summed E-state index contributed by atoms with van der Waals surface area (Å²) >= 11 is 0. The van der Waals surface area contributed by atoms with Gasteiger partial charge >= 0.3 is 0 Å². The average molecular weight is 496 g/mol. The van der Waals surface area contributed by atoms with E-state index >= 15 is 0 Å². The van der Waals surface area contributed by atoms with Gasteiger partial charge in [-0.2, -0.15) is 10.1 Å². The van der Waals surface area contributed by atoms with Gasteiger partial charge in [0.25, 0.3) is 11.8 Å². The zero-order valence-corrected chi connectivity index (χ0v) is 20.6. The van der Waals surface area contributed by atoms with Gasteiger partial charge in [-0.3, -0.25) is 19.2 Å². The Morgan fingerprint density at radius 2 is 1.89 bits per heavy atom. The molecule has 10 heteroatoms. The predicted octanol–water partition coefficient (Wildman–Crippen LogP) is 3.25. The molecule has 3 atom stereocenters. The molecule has 10 nitrogen and oxygen atoms in total. The first-order chi connectivity index (χ1) is 17.9. The zero-order chi connectivity index (χ0) is 25.7. The van der Waals surface area contributed by atoms with Crippen LogP contribution in [-0.2, 0) is 11.8 Å². The van der Waals surface area contributed by atoms with Crippen molar-refractivity contribution in [3.63, 3.8) is 0 Å². The van der Waals surface area contributed by atoms with Crippen LogP contribution in [0.15, 0.2) is 61.1 Å². The number of ether oxygens (including phenoxy) is 1. The second kappa shape index (κ2) is 8.81. The number of carbonyl (C=O) groups is 2. The summed E-state index contributed by atoms with van der Waals surface area (Å²) in [6.07, 6.45) is 5.75. The molecule has 1 saturated carbocycles. The van der Waals surface area contributed by atoms with E-state index in [-0.39, 0.29) is 23.6 Å². The van der Waals surface area contributed by atoms with Crippen LogP contribution in [0, 0.1) is 12.8 Å². The second-order valence-corrected chi connectivity index (χ2v) is 9.46. The van der Waals surface area contributed by atoms with Crippen molar-refractivity contribution in [1.29, 1.82) is 0 Å². The van der Waals surface area contributed by atoms with E-state index in [0.29, 0.717) is 23.1 Å². The van der Waals surface area contributed by atoms with Crippen LogP contribution in [0.3, 0.4) is 0 Å². The summed E-state index contributed by atoms with van der Waals surface area (Å²) < 4.78 is 7.46. The van der Waals surface area contributed by atoms with Crippen LogP contribution in [0.5, 0.6) is 11.6 Å². The maximum absolute atomic E-state index is 13.5. The van der Waals surface area contributed by atoms with Crippen molar-refractivity contribution in [2.45, 2.75) is 25.3 Å². The number of anilines is 1. The van der Waals surface area contributed by atoms with Gasteiger partial charge in [0, 0.05) is 31.9 Å². The minimum Gasteiger partial charge on any atom is -0.436 e. The van der Waals surface area contributed by atoms with Gasteiger partial charge in [0.2, 0.25) is 11.7 Å². The minimum absolute atomic E-state index is 0.0221. The number of aromatic nitrogens is 5. The molecular formula is C27H25N7O3. The Morgan fingerprint density at radius 3 is 2.65 bits per heavy atom. The van der Waals surface area contributed by atoms with Crippen molar-refractivity contribution in [2.24, 2.45) is 13.0 Å². The van der Waals surface area contributed by atoms with Gasteiger partial charge in [0.05, 0.1) is 18.1 Å². The number of amides is 2. The molecular weight excluding hydrogens is 470 g/mol. The maximum Gasteiger partial charge on any atom is 0.289 e. The number of rotatable bonds is 5. The number of fused-ring (bicyclic) bond motifs is 3. The summed E-state index contributed by atoms with van der Waals surface area (Å²) in [4.78, 5) is 41.6. The van der Waals surface area contributed by atoms with Gasteiger partial charge in [-0.1, -0.05) is 30.3 Å². The zero-order valence-electron chi connectivity index (χ0n) is 20.6. The third kappa shape index (κ3) is 4.20. The molecule has 37 heavy (non-hydrogen) atoms. The first-order valence-corrected chi connectivity index (χ1v) is 12.0. The Kier molecular flexibility index (Phi) is 5.44. The molecule has 0 saturated heterocycles. The van der Waals surface area contributed by atoms with E-state index in [4.69, 9.17) is 4.74 Å². The van der Waals surface area contributed by atoms with E-state index < -0.39 is 11.9 Å². The molecule has 1 N–H and O–H groups in total. The summed E-state index contributed by atoms with van der Waals surface area (Å²) in [7, 11) is 3.47. The van der Waals surface area contributed by atoms with E-state index in [2.05, 4.69) is 25.4 Å². The number of pyridine rings is 1. The monoisotopic (exact) mass is 495 g/mol. The van der Waals surface area contributed by atoms with Crippen molar-refractivity contribution < 1.29 is 14.3 Å². The molecule has 186 valence electrons. The number of hydrogen-bond acceptors (Lipinski definition) is 7. The Morgan fingerprint density at radius 1 is 1.08 bits per heavy atom. The lowest BCUT2D eigenvalue weighted by Crippen LogP contribution is -2.49. The third-order valence-electron chi connectivity index (χ3n) is 6.87. The first kappa shape index (κ1) is 22.8. The predicted molar refractivity (Wildman–Crippen MR) is 135 cm³/mol. The molecule has 6 rings (SSSR count). The normalized spacial score (nSPS) is 20.0. The van der Waals surface area contributed by atoms with Gasteiger partial charge in [0.15, 0.2) is 5.75 Å². The van der Waals surface area contributed by atoms with Crippen LogP contribution >= 0.6 is 0 Å². The second-order valence-electron chi connectivity index (χ2n) is 9.46. The summed E-state index contributed by atoms with van der Waals surface area (Å²) in [5.74, 6) is 0.874. The van der Waals surface area contributed by atoms with Crippen LogP contribution < -0.4 is 15.0 Å². The van der Waals surface area contributed by atoms with Crippen molar-refractivity contribution in [3.05, 3.63) is 78.0 Å². The fourth-order valence-electron chi connectivity index (χ4n) is 4.88. The van der Waals surface area contributed by atoms with Crippen LogP contribution in [0.4, 0.5) is 5.82 Å². The highest BCUT2D eigenvalue weighted by Crippen LogP contribution is 2.54. The Hall–Kier alpha value is -4.60. The SMILES string of the molecule is Cc1cnc(C(=O)NC2C(=O)N(C)c3nc(Oc4cnn(C)c4)ccc3C3CC23)nc1-c1ccccc1. The first-order valence-electron chi connectivity index (χ1n) is 12.0. The minimum atomic E-state index is -0.704. The molecule has 2 aliphatic rings. The highest BCUT2D eigenvalue weighted by Gasteiger charge is 2.52. The van der Waals surface area contributed by atoms with E-state index in [9.17, 15) is 9.59 Å². The van der Waals surface area contributed by atoms with Gasteiger partial charge in [-0.05, 0) is 42.4 Å². The summed E-state index contributed by atoms with van der Waals surface area (Å²) in [6.45, 7) is 1.90. The molecule has 0 bridgehead atoms.